The molecule has 3 nitrogen and oxygen atoms in total. The predicted octanol–water partition coefficient (Wildman–Crippen LogP) is 4.63. The molecule has 1 heterocycles. The van der Waals surface area contributed by atoms with E-state index in [4.69, 9.17) is 11.6 Å². The fourth-order valence-corrected chi connectivity index (χ4v) is 3.73. The minimum absolute atomic E-state index is 0.0703. The van der Waals surface area contributed by atoms with Gasteiger partial charge in [0, 0.05) is 22.6 Å². The molecule has 4 heteroatoms. The van der Waals surface area contributed by atoms with Crippen molar-refractivity contribution in [2.24, 2.45) is 0 Å². The minimum atomic E-state index is -0.0703. The van der Waals surface area contributed by atoms with Crippen molar-refractivity contribution in [2.45, 2.75) is 32.2 Å². The van der Waals surface area contributed by atoms with E-state index in [0.717, 1.165) is 23.9 Å². The zero-order valence-corrected chi connectivity index (χ0v) is 14.1. The zero-order valence-electron chi connectivity index (χ0n) is 13.4. The third kappa shape index (κ3) is 2.69. The number of halogens is 1. The number of carbonyl (C=O) groups excluding carboxylic acids is 1. The molecule has 122 valence electrons. The molecule has 0 atom stereocenters. The number of hydrogen-bond donors (Lipinski definition) is 2. The molecule has 3 aromatic rings. The lowest BCUT2D eigenvalue weighted by molar-refractivity contribution is 0.0952. The molecule has 0 saturated carbocycles. The number of aromatic amines is 1. The molecule has 1 aliphatic carbocycles. The second kappa shape index (κ2) is 6.33. The minimum Gasteiger partial charge on any atom is -0.358 e. The summed E-state index contributed by atoms with van der Waals surface area (Å²) in [7, 11) is 0. The molecule has 2 N–H and O–H groups in total. The van der Waals surface area contributed by atoms with Crippen LogP contribution in [0.2, 0.25) is 5.02 Å². The van der Waals surface area contributed by atoms with Crippen LogP contribution in [0.25, 0.3) is 10.9 Å². The van der Waals surface area contributed by atoms with Gasteiger partial charge in [-0.2, -0.15) is 0 Å². The lowest BCUT2D eigenvalue weighted by Crippen LogP contribution is -2.23. The molecule has 1 amide bonds. The molecule has 0 spiro atoms. The van der Waals surface area contributed by atoms with Crippen LogP contribution in [0.4, 0.5) is 0 Å². The standard InChI is InChI=1S/C20H19ClN2O/c21-17-10-3-1-6-13(17)12-22-20(24)16-9-5-8-15-14-7-2-4-11-18(14)23-19(15)16/h1,3,5-6,8-10,23H,2,4,7,11-12H2,(H,22,24). The fourth-order valence-electron chi connectivity index (χ4n) is 3.53. The molecule has 4 rings (SSSR count). The van der Waals surface area contributed by atoms with Crippen molar-refractivity contribution >= 4 is 28.4 Å². The Morgan fingerprint density at radius 3 is 2.79 bits per heavy atom. The fraction of sp³-hybridized carbons (Fsp3) is 0.250. The molecule has 0 unspecified atom stereocenters. The van der Waals surface area contributed by atoms with Gasteiger partial charge in [-0.3, -0.25) is 4.79 Å². The van der Waals surface area contributed by atoms with Crippen LogP contribution in [0.5, 0.6) is 0 Å². The van der Waals surface area contributed by atoms with Crippen LogP contribution in [0.3, 0.4) is 0 Å². The van der Waals surface area contributed by atoms with Gasteiger partial charge in [0.1, 0.15) is 0 Å². The number of para-hydroxylation sites is 1. The first kappa shape index (κ1) is 15.3. The third-order valence-corrected chi connectivity index (χ3v) is 5.14. The van der Waals surface area contributed by atoms with Crippen LogP contribution in [0.1, 0.15) is 40.0 Å². The van der Waals surface area contributed by atoms with Gasteiger partial charge in [-0.25, -0.2) is 0 Å². The van der Waals surface area contributed by atoms with Crippen molar-refractivity contribution in [1.29, 1.82) is 0 Å². The van der Waals surface area contributed by atoms with Gasteiger partial charge in [-0.1, -0.05) is 41.9 Å². The van der Waals surface area contributed by atoms with Crippen LogP contribution < -0.4 is 5.32 Å². The highest BCUT2D eigenvalue weighted by Crippen LogP contribution is 2.30. The second-order valence-corrected chi connectivity index (χ2v) is 6.70. The van der Waals surface area contributed by atoms with Crippen LogP contribution in [0, 0.1) is 0 Å². The Labute approximate surface area is 146 Å². The normalized spacial score (nSPS) is 13.7. The average Bonchev–Trinajstić information content (AvgIpc) is 2.99. The van der Waals surface area contributed by atoms with E-state index in [1.54, 1.807) is 0 Å². The Morgan fingerprint density at radius 2 is 1.92 bits per heavy atom. The molecule has 0 bridgehead atoms. The average molecular weight is 339 g/mol. The molecule has 0 saturated heterocycles. The number of benzene rings is 2. The van der Waals surface area contributed by atoms with Crippen LogP contribution >= 0.6 is 11.6 Å². The zero-order chi connectivity index (χ0) is 16.5. The lowest BCUT2D eigenvalue weighted by atomic mass is 9.95. The Bertz CT molecular complexity index is 913. The Morgan fingerprint density at radius 1 is 1.08 bits per heavy atom. The highest BCUT2D eigenvalue weighted by molar-refractivity contribution is 6.31. The summed E-state index contributed by atoms with van der Waals surface area (Å²) in [5, 5.41) is 4.85. The molecule has 1 aliphatic rings. The molecule has 0 fully saturated rings. The van der Waals surface area contributed by atoms with Crippen molar-refractivity contribution < 1.29 is 4.79 Å². The largest absolute Gasteiger partial charge is 0.358 e. The van der Waals surface area contributed by atoms with Gasteiger partial charge in [0.05, 0.1) is 11.1 Å². The summed E-state index contributed by atoms with van der Waals surface area (Å²) in [5.74, 6) is -0.0703. The quantitative estimate of drug-likeness (QED) is 0.718. The number of rotatable bonds is 3. The van der Waals surface area contributed by atoms with E-state index >= 15 is 0 Å². The summed E-state index contributed by atoms with van der Waals surface area (Å²) >= 11 is 6.16. The maximum absolute atomic E-state index is 12.7. The van der Waals surface area contributed by atoms with E-state index in [0.29, 0.717) is 17.1 Å². The molecule has 0 radical (unpaired) electrons. The van der Waals surface area contributed by atoms with Crippen LogP contribution in [-0.4, -0.2) is 10.9 Å². The first-order valence-electron chi connectivity index (χ1n) is 8.38. The summed E-state index contributed by atoms with van der Waals surface area (Å²) in [6.45, 7) is 0.426. The SMILES string of the molecule is O=C(NCc1ccccc1Cl)c1cccc2c3c([nH]c12)CCCC3. The number of aromatic nitrogens is 1. The van der Waals surface area contributed by atoms with Gasteiger partial charge in [0.15, 0.2) is 0 Å². The van der Waals surface area contributed by atoms with E-state index in [1.807, 2.05) is 36.4 Å². The molecule has 0 aliphatic heterocycles. The maximum Gasteiger partial charge on any atom is 0.253 e. The molecule has 2 aromatic carbocycles. The highest BCUT2D eigenvalue weighted by atomic mass is 35.5. The number of aryl methyl sites for hydroxylation is 2. The summed E-state index contributed by atoms with van der Waals surface area (Å²) in [6.07, 6.45) is 4.61. The molecule has 1 aromatic heterocycles. The number of carbonyl (C=O) groups is 1. The van der Waals surface area contributed by atoms with Gasteiger partial charge in [-0.15, -0.1) is 0 Å². The van der Waals surface area contributed by atoms with E-state index in [9.17, 15) is 4.79 Å². The van der Waals surface area contributed by atoms with Gasteiger partial charge in [0.2, 0.25) is 0 Å². The first-order chi connectivity index (χ1) is 11.7. The van der Waals surface area contributed by atoms with Gasteiger partial charge in [-0.05, 0) is 48.9 Å². The molecular weight excluding hydrogens is 320 g/mol. The third-order valence-electron chi connectivity index (χ3n) is 4.78. The number of hydrogen-bond acceptors (Lipinski definition) is 1. The van der Waals surface area contributed by atoms with Crippen LogP contribution in [-0.2, 0) is 19.4 Å². The number of amides is 1. The molecule has 24 heavy (non-hydrogen) atoms. The topological polar surface area (TPSA) is 44.9 Å². The smallest absolute Gasteiger partial charge is 0.253 e. The summed E-state index contributed by atoms with van der Waals surface area (Å²) in [4.78, 5) is 16.2. The number of nitrogens with one attached hydrogen (secondary N) is 2. The first-order valence-corrected chi connectivity index (χ1v) is 8.76. The summed E-state index contributed by atoms with van der Waals surface area (Å²) < 4.78 is 0. The van der Waals surface area contributed by atoms with Crippen molar-refractivity contribution in [3.8, 4) is 0 Å². The number of fused-ring (bicyclic) bond motifs is 3. The predicted molar refractivity (Wildman–Crippen MR) is 97.6 cm³/mol. The lowest BCUT2D eigenvalue weighted by Gasteiger charge is -2.10. The van der Waals surface area contributed by atoms with E-state index < -0.39 is 0 Å². The summed E-state index contributed by atoms with van der Waals surface area (Å²) in [6, 6.07) is 13.5. The summed E-state index contributed by atoms with van der Waals surface area (Å²) in [5.41, 5.74) is 5.26. The van der Waals surface area contributed by atoms with Crippen LogP contribution in [0.15, 0.2) is 42.5 Å². The Kier molecular flexibility index (Phi) is 4.03. The van der Waals surface area contributed by atoms with Gasteiger partial charge >= 0.3 is 0 Å². The van der Waals surface area contributed by atoms with E-state index in [2.05, 4.69) is 16.4 Å². The monoisotopic (exact) mass is 338 g/mol. The number of H-pyrrole nitrogens is 1. The molecular formula is C20H19ClN2O. The van der Waals surface area contributed by atoms with E-state index in [-0.39, 0.29) is 5.91 Å². The highest BCUT2D eigenvalue weighted by Gasteiger charge is 2.19. The van der Waals surface area contributed by atoms with Gasteiger partial charge < -0.3 is 10.3 Å². The van der Waals surface area contributed by atoms with E-state index in [1.165, 1.54) is 29.5 Å². The van der Waals surface area contributed by atoms with Crippen molar-refractivity contribution in [1.82, 2.24) is 10.3 Å². The Balaban J connectivity index is 1.63. The van der Waals surface area contributed by atoms with Crippen molar-refractivity contribution in [3.63, 3.8) is 0 Å². The van der Waals surface area contributed by atoms with Crippen molar-refractivity contribution in [2.75, 3.05) is 0 Å². The van der Waals surface area contributed by atoms with Crippen molar-refractivity contribution in [3.05, 3.63) is 69.9 Å². The maximum atomic E-state index is 12.7. The Hall–Kier alpha value is -2.26. The second-order valence-electron chi connectivity index (χ2n) is 6.29. The van der Waals surface area contributed by atoms with Gasteiger partial charge in [0.25, 0.3) is 5.91 Å².